The highest BCUT2D eigenvalue weighted by atomic mass is 32.2. The zero-order valence-electron chi connectivity index (χ0n) is 17.7. The van der Waals surface area contributed by atoms with E-state index in [4.69, 9.17) is 9.47 Å². The SMILES string of the molecule is C[C@@H]1Oc2ccccc2O[C@@H]1C(=O)N1CCN(c2nc3c(S(C)(=O)=O)cccc3s2)CC1. The lowest BCUT2D eigenvalue weighted by atomic mass is 10.1. The maximum absolute atomic E-state index is 13.1. The van der Waals surface area contributed by atoms with Crippen molar-refractivity contribution < 1.29 is 22.7 Å². The zero-order chi connectivity index (χ0) is 22.5. The van der Waals surface area contributed by atoms with E-state index in [9.17, 15) is 13.2 Å². The second kappa shape index (κ2) is 7.93. The van der Waals surface area contributed by atoms with E-state index in [1.54, 1.807) is 23.1 Å². The first kappa shape index (κ1) is 21.0. The molecule has 3 heterocycles. The molecular formula is C22H23N3O5S2. The molecule has 0 N–H and O–H groups in total. The van der Waals surface area contributed by atoms with Gasteiger partial charge in [0.1, 0.15) is 11.6 Å². The summed E-state index contributed by atoms with van der Waals surface area (Å²) >= 11 is 1.47. The van der Waals surface area contributed by atoms with Crippen LogP contribution in [0.5, 0.6) is 11.5 Å². The van der Waals surface area contributed by atoms with E-state index in [0.29, 0.717) is 43.2 Å². The van der Waals surface area contributed by atoms with Gasteiger partial charge in [0.25, 0.3) is 5.91 Å². The van der Waals surface area contributed by atoms with Crippen molar-refractivity contribution in [1.29, 1.82) is 0 Å². The van der Waals surface area contributed by atoms with Crippen molar-refractivity contribution in [1.82, 2.24) is 9.88 Å². The van der Waals surface area contributed by atoms with Crippen LogP contribution in [0.3, 0.4) is 0 Å². The van der Waals surface area contributed by atoms with Crippen LogP contribution in [0.15, 0.2) is 47.4 Å². The van der Waals surface area contributed by atoms with E-state index < -0.39 is 15.9 Å². The molecule has 1 fully saturated rings. The molecule has 3 aromatic rings. The summed E-state index contributed by atoms with van der Waals surface area (Å²) in [6, 6.07) is 12.6. The fourth-order valence-corrected chi connectivity index (χ4v) is 5.98. The molecule has 32 heavy (non-hydrogen) atoms. The average molecular weight is 474 g/mol. The number of carbonyl (C=O) groups excluding carboxylic acids is 1. The molecule has 8 nitrogen and oxygen atoms in total. The van der Waals surface area contributed by atoms with Gasteiger partial charge in [0, 0.05) is 32.4 Å². The van der Waals surface area contributed by atoms with Crippen molar-refractivity contribution in [3.63, 3.8) is 0 Å². The predicted molar refractivity (Wildman–Crippen MR) is 122 cm³/mol. The van der Waals surface area contributed by atoms with Gasteiger partial charge < -0.3 is 19.3 Å². The molecule has 1 aromatic heterocycles. The topological polar surface area (TPSA) is 89.0 Å². The third-order valence-corrected chi connectivity index (χ3v) is 7.93. The van der Waals surface area contributed by atoms with E-state index in [-0.39, 0.29) is 16.9 Å². The number of nitrogens with zero attached hydrogens (tertiary/aromatic N) is 3. The molecule has 2 atom stereocenters. The number of piperazine rings is 1. The number of aromatic nitrogens is 1. The zero-order valence-corrected chi connectivity index (χ0v) is 19.4. The van der Waals surface area contributed by atoms with Crippen LogP contribution in [0.2, 0.25) is 0 Å². The quantitative estimate of drug-likeness (QED) is 0.578. The standard InChI is InChI=1S/C22H23N3O5S2/c1-14-20(30-16-7-4-3-6-15(16)29-14)21(26)24-10-12-25(13-11-24)22-23-19-17(31-22)8-5-9-18(19)32(2,27)28/h3-9,14,20H,10-13H2,1-2H3/t14-,20-/m0/s1. The summed E-state index contributed by atoms with van der Waals surface area (Å²) in [6.07, 6.45) is 0.132. The summed E-state index contributed by atoms with van der Waals surface area (Å²) < 4.78 is 36.9. The molecule has 0 radical (unpaired) electrons. The third kappa shape index (κ3) is 3.77. The summed E-state index contributed by atoms with van der Waals surface area (Å²) in [5.41, 5.74) is 0.508. The van der Waals surface area contributed by atoms with E-state index in [1.165, 1.54) is 17.6 Å². The number of anilines is 1. The predicted octanol–water partition coefficient (Wildman–Crippen LogP) is 2.58. The Bertz CT molecular complexity index is 1280. The van der Waals surface area contributed by atoms with Crippen LogP contribution < -0.4 is 14.4 Å². The Morgan fingerprint density at radius 3 is 2.41 bits per heavy atom. The molecule has 10 heteroatoms. The van der Waals surface area contributed by atoms with Crippen molar-refractivity contribution in [2.75, 3.05) is 37.3 Å². The van der Waals surface area contributed by atoms with Crippen LogP contribution >= 0.6 is 11.3 Å². The van der Waals surface area contributed by atoms with Crippen molar-refractivity contribution >= 4 is 42.4 Å². The Morgan fingerprint density at radius 1 is 1.03 bits per heavy atom. The molecule has 0 unspecified atom stereocenters. The lowest BCUT2D eigenvalue weighted by Crippen LogP contribution is -2.56. The van der Waals surface area contributed by atoms with Crippen molar-refractivity contribution in [2.24, 2.45) is 0 Å². The molecule has 0 bridgehead atoms. The number of hydrogen-bond donors (Lipinski definition) is 0. The number of fused-ring (bicyclic) bond motifs is 2. The Hall–Kier alpha value is -2.85. The van der Waals surface area contributed by atoms with Crippen LogP contribution in [0.4, 0.5) is 5.13 Å². The molecular weight excluding hydrogens is 450 g/mol. The van der Waals surface area contributed by atoms with Gasteiger partial charge in [-0.2, -0.15) is 0 Å². The molecule has 1 amide bonds. The summed E-state index contributed by atoms with van der Waals surface area (Å²) in [4.78, 5) is 21.9. The largest absolute Gasteiger partial charge is 0.482 e. The molecule has 5 rings (SSSR count). The highest BCUT2D eigenvalue weighted by Crippen LogP contribution is 2.35. The first-order valence-corrected chi connectivity index (χ1v) is 13.1. The fraction of sp³-hybridized carbons (Fsp3) is 0.364. The average Bonchev–Trinajstić information content (AvgIpc) is 3.22. The van der Waals surface area contributed by atoms with Crippen LogP contribution in [-0.4, -0.2) is 68.9 Å². The summed E-state index contributed by atoms with van der Waals surface area (Å²) in [5.74, 6) is 1.15. The number of hydrogen-bond acceptors (Lipinski definition) is 8. The molecule has 2 aliphatic heterocycles. The van der Waals surface area contributed by atoms with Gasteiger partial charge in [0.05, 0.1) is 9.60 Å². The number of thiazole rings is 1. The van der Waals surface area contributed by atoms with Gasteiger partial charge in [-0.1, -0.05) is 29.5 Å². The second-order valence-corrected chi connectivity index (χ2v) is 11.0. The fourth-order valence-electron chi connectivity index (χ4n) is 4.03. The van der Waals surface area contributed by atoms with Gasteiger partial charge >= 0.3 is 0 Å². The van der Waals surface area contributed by atoms with Crippen LogP contribution in [0, 0.1) is 0 Å². The van der Waals surface area contributed by atoms with Crippen LogP contribution in [-0.2, 0) is 14.6 Å². The number of rotatable bonds is 3. The molecule has 168 valence electrons. The highest BCUT2D eigenvalue weighted by molar-refractivity contribution is 7.91. The highest BCUT2D eigenvalue weighted by Gasteiger charge is 2.38. The number of para-hydroxylation sites is 3. The van der Waals surface area contributed by atoms with Crippen LogP contribution in [0.25, 0.3) is 10.2 Å². The second-order valence-electron chi connectivity index (χ2n) is 7.99. The molecule has 2 aliphatic rings. The van der Waals surface area contributed by atoms with E-state index in [1.807, 2.05) is 31.2 Å². The third-order valence-electron chi connectivity index (χ3n) is 5.72. The lowest BCUT2D eigenvalue weighted by molar-refractivity contribution is -0.144. The lowest BCUT2D eigenvalue weighted by Gasteiger charge is -2.38. The Kier molecular flexibility index (Phi) is 5.21. The van der Waals surface area contributed by atoms with Gasteiger partial charge in [-0.3, -0.25) is 4.79 Å². The number of carbonyl (C=O) groups is 1. The summed E-state index contributed by atoms with van der Waals surface area (Å²) in [6.45, 7) is 4.12. The number of benzene rings is 2. The molecule has 2 aromatic carbocycles. The van der Waals surface area contributed by atoms with Crippen molar-refractivity contribution in [3.05, 3.63) is 42.5 Å². The summed E-state index contributed by atoms with van der Waals surface area (Å²) in [5, 5.41) is 0.766. The number of sulfone groups is 1. The minimum atomic E-state index is -3.36. The van der Waals surface area contributed by atoms with Crippen LogP contribution in [0.1, 0.15) is 6.92 Å². The van der Waals surface area contributed by atoms with Gasteiger partial charge in [-0.15, -0.1) is 0 Å². The van der Waals surface area contributed by atoms with Crippen molar-refractivity contribution in [3.8, 4) is 11.5 Å². The Balaban J connectivity index is 1.29. The first-order chi connectivity index (χ1) is 15.3. The molecule has 0 aliphatic carbocycles. The van der Waals surface area contributed by atoms with Gasteiger partial charge in [0.2, 0.25) is 6.10 Å². The Morgan fingerprint density at radius 2 is 1.72 bits per heavy atom. The van der Waals surface area contributed by atoms with E-state index in [2.05, 4.69) is 9.88 Å². The maximum atomic E-state index is 13.1. The monoisotopic (exact) mass is 473 g/mol. The minimum Gasteiger partial charge on any atom is -0.482 e. The van der Waals surface area contributed by atoms with E-state index in [0.717, 1.165) is 9.83 Å². The first-order valence-electron chi connectivity index (χ1n) is 10.4. The van der Waals surface area contributed by atoms with Crippen molar-refractivity contribution in [2.45, 2.75) is 24.0 Å². The van der Waals surface area contributed by atoms with E-state index >= 15 is 0 Å². The molecule has 0 saturated carbocycles. The minimum absolute atomic E-state index is 0.0877. The number of amides is 1. The Labute approximate surface area is 190 Å². The van der Waals surface area contributed by atoms with Gasteiger partial charge in [-0.05, 0) is 31.2 Å². The smallest absolute Gasteiger partial charge is 0.267 e. The summed E-state index contributed by atoms with van der Waals surface area (Å²) in [7, 11) is -3.36. The number of ether oxygens (including phenoxy) is 2. The normalized spacial score (nSPS) is 21.1. The maximum Gasteiger partial charge on any atom is 0.267 e. The molecule has 1 saturated heterocycles. The van der Waals surface area contributed by atoms with Gasteiger partial charge in [-0.25, -0.2) is 13.4 Å². The van der Waals surface area contributed by atoms with Gasteiger partial charge in [0.15, 0.2) is 26.5 Å². The molecule has 0 spiro atoms.